The Balaban J connectivity index is 1.96. The molecule has 0 saturated carbocycles. The summed E-state index contributed by atoms with van der Waals surface area (Å²) in [4.78, 5) is 26.8. The van der Waals surface area contributed by atoms with Crippen molar-refractivity contribution in [3.05, 3.63) is 70.0 Å². The largest absolute Gasteiger partial charge is 0.365 e. The molecule has 1 aromatic heterocycles. The number of hydrogen-bond acceptors (Lipinski definition) is 6. The highest BCUT2D eigenvalue weighted by molar-refractivity contribution is 5.98. The van der Waals surface area contributed by atoms with Crippen molar-refractivity contribution < 1.29 is 14.8 Å². The third-order valence-electron chi connectivity index (χ3n) is 3.78. The molecule has 1 aliphatic heterocycles. The first-order chi connectivity index (χ1) is 11.4. The zero-order chi connectivity index (χ0) is 17.3. The van der Waals surface area contributed by atoms with Crippen molar-refractivity contribution >= 4 is 17.3 Å². The van der Waals surface area contributed by atoms with Gasteiger partial charge in [0.05, 0.1) is 4.92 Å². The van der Waals surface area contributed by atoms with Gasteiger partial charge in [0, 0.05) is 47.8 Å². The number of non-ortho nitro benzene ring substituents is 1. The molecule has 2 aromatic rings. The molecule has 3 rings (SSSR count). The third-order valence-corrected chi connectivity index (χ3v) is 3.78. The summed E-state index contributed by atoms with van der Waals surface area (Å²) in [5, 5.41) is 26.9. The van der Waals surface area contributed by atoms with Crippen LogP contribution in [0.5, 0.6) is 0 Å². The van der Waals surface area contributed by atoms with E-state index in [0.717, 1.165) is 5.01 Å². The molecule has 1 amide bonds. The Morgan fingerprint density at radius 1 is 1.25 bits per heavy atom. The van der Waals surface area contributed by atoms with Gasteiger partial charge in [-0.05, 0) is 31.2 Å². The maximum Gasteiger partial charge on any atom is 0.276 e. The lowest BCUT2D eigenvalue weighted by Crippen LogP contribution is -2.43. The molecule has 8 heteroatoms. The summed E-state index contributed by atoms with van der Waals surface area (Å²) >= 11 is 0. The summed E-state index contributed by atoms with van der Waals surface area (Å²) in [6, 6.07) is 8.40. The van der Waals surface area contributed by atoms with Gasteiger partial charge in [0.25, 0.3) is 11.6 Å². The van der Waals surface area contributed by atoms with E-state index in [2.05, 4.69) is 10.1 Å². The summed E-state index contributed by atoms with van der Waals surface area (Å²) in [7, 11) is 0. The predicted octanol–water partition coefficient (Wildman–Crippen LogP) is 2.06. The number of aliphatic hydroxyl groups is 1. The highest BCUT2D eigenvalue weighted by atomic mass is 16.6. The van der Waals surface area contributed by atoms with Crippen LogP contribution >= 0.6 is 0 Å². The van der Waals surface area contributed by atoms with E-state index in [-0.39, 0.29) is 17.7 Å². The molecule has 0 bridgehead atoms. The highest BCUT2D eigenvalue weighted by Gasteiger charge is 2.45. The zero-order valence-corrected chi connectivity index (χ0v) is 12.8. The van der Waals surface area contributed by atoms with E-state index in [9.17, 15) is 20.0 Å². The van der Waals surface area contributed by atoms with Crippen molar-refractivity contribution in [2.24, 2.45) is 5.10 Å². The van der Waals surface area contributed by atoms with Crippen LogP contribution in [0.25, 0.3) is 0 Å². The third kappa shape index (κ3) is 2.63. The fourth-order valence-electron chi connectivity index (χ4n) is 2.62. The van der Waals surface area contributed by atoms with Crippen LogP contribution in [0.1, 0.15) is 29.3 Å². The standard InChI is InChI=1S/C16H14N4O4/c1-11-10-16(22,13-6-8-17-9-7-13)19(18-11)15(21)12-2-4-14(5-3-12)20(23)24/h2-9,22H,10H2,1H3/t16-/m1/s1. The Morgan fingerprint density at radius 3 is 2.46 bits per heavy atom. The number of amides is 1. The van der Waals surface area contributed by atoms with E-state index < -0.39 is 16.6 Å². The lowest BCUT2D eigenvalue weighted by molar-refractivity contribution is -0.384. The number of rotatable bonds is 3. The summed E-state index contributed by atoms with van der Waals surface area (Å²) in [6.07, 6.45) is 3.22. The van der Waals surface area contributed by atoms with Crippen molar-refractivity contribution in [2.75, 3.05) is 0 Å². The minimum Gasteiger partial charge on any atom is -0.365 e. The van der Waals surface area contributed by atoms with E-state index in [1.54, 1.807) is 19.1 Å². The minimum absolute atomic E-state index is 0.114. The number of aromatic nitrogens is 1. The molecule has 122 valence electrons. The van der Waals surface area contributed by atoms with E-state index in [1.807, 2.05) is 0 Å². The lowest BCUT2D eigenvalue weighted by atomic mass is 9.98. The fourth-order valence-corrected chi connectivity index (χ4v) is 2.62. The first-order valence-electron chi connectivity index (χ1n) is 7.18. The van der Waals surface area contributed by atoms with Crippen LogP contribution in [0.4, 0.5) is 5.69 Å². The summed E-state index contributed by atoms with van der Waals surface area (Å²) in [5.41, 5.74) is -0.423. The van der Waals surface area contributed by atoms with E-state index in [1.165, 1.54) is 36.7 Å². The Labute approximate surface area is 137 Å². The maximum absolute atomic E-state index is 12.7. The van der Waals surface area contributed by atoms with Gasteiger partial charge >= 0.3 is 0 Å². The molecule has 0 fully saturated rings. The van der Waals surface area contributed by atoms with Gasteiger partial charge in [0.2, 0.25) is 0 Å². The maximum atomic E-state index is 12.7. The van der Waals surface area contributed by atoms with Gasteiger partial charge in [-0.15, -0.1) is 0 Å². The number of pyridine rings is 1. The quantitative estimate of drug-likeness (QED) is 0.686. The number of nitrogens with zero attached hydrogens (tertiary/aromatic N) is 4. The summed E-state index contributed by atoms with van der Waals surface area (Å²) in [5.74, 6) is -0.541. The Hall–Kier alpha value is -3.13. The van der Waals surface area contributed by atoms with E-state index >= 15 is 0 Å². The van der Waals surface area contributed by atoms with Crippen LogP contribution in [0.15, 0.2) is 53.9 Å². The summed E-state index contributed by atoms with van der Waals surface area (Å²) < 4.78 is 0. The lowest BCUT2D eigenvalue weighted by Gasteiger charge is -2.31. The normalized spacial score (nSPS) is 19.9. The predicted molar refractivity (Wildman–Crippen MR) is 85.1 cm³/mol. The number of benzene rings is 1. The van der Waals surface area contributed by atoms with Gasteiger partial charge < -0.3 is 5.11 Å². The number of carbonyl (C=O) groups excluding carboxylic acids is 1. The molecule has 0 spiro atoms. The van der Waals surface area contributed by atoms with Crippen LogP contribution in [-0.2, 0) is 5.72 Å². The van der Waals surface area contributed by atoms with Gasteiger partial charge in [-0.1, -0.05) is 0 Å². The smallest absolute Gasteiger partial charge is 0.276 e. The van der Waals surface area contributed by atoms with E-state index in [0.29, 0.717) is 11.3 Å². The second kappa shape index (κ2) is 5.82. The zero-order valence-electron chi connectivity index (χ0n) is 12.8. The Bertz CT molecular complexity index is 820. The van der Waals surface area contributed by atoms with Crippen molar-refractivity contribution in [3.8, 4) is 0 Å². The Kier molecular flexibility index (Phi) is 3.82. The minimum atomic E-state index is -1.61. The molecule has 0 saturated heterocycles. The van der Waals surface area contributed by atoms with Gasteiger partial charge in [-0.25, -0.2) is 0 Å². The second-order valence-corrected chi connectivity index (χ2v) is 5.49. The number of hydrazone groups is 1. The molecule has 0 aliphatic carbocycles. The highest BCUT2D eigenvalue weighted by Crippen LogP contribution is 2.36. The molecule has 2 heterocycles. The number of nitro benzene ring substituents is 1. The molecule has 0 unspecified atom stereocenters. The first kappa shape index (κ1) is 15.8. The average Bonchev–Trinajstić information content (AvgIpc) is 2.91. The number of nitro groups is 1. The SMILES string of the molecule is CC1=NN(C(=O)c2ccc([N+](=O)[O-])cc2)[C@](O)(c2ccncc2)C1. The molecule has 1 N–H and O–H groups in total. The molecule has 24 heavy (non-hydrogen) atoms. The van der Waals surface area contributed by atoms with Crippen molar-refractivity contribution in [2.45, 2.75) is 19.1 Å². The molecule has 1 atom stereocenters. The second-order valence-electron chi connectivity index (χ2n) is 5.49. The molecule has 1 aromatic carbocycles. The van der Waals surface area contributed by atoms with Crippen LogP contribution in [0.2, 0.25) is 0 Å². The van der Waals surface area contributed by atoms with Crippen LogP contribution in [0.3, 0.4) is 0 Å². The molecule has 1 aliphatic rings. The fraction of sp³-hybridized carbons (Fsp3) is 0.188. The van der Waals surface area contributed by atoms with Crippen LogP contribution in [-0.4, -0.2) is 31.6 Å². The van der Waals surface area contributed by atoms with E-state index in [4.69, 9.17) is 0 Å². The van der Waals surface area contributed by atoms with Gasteiger partial charge in [0.1, 0.15) is 0 Å². The van der Waals surface area contributed by atoms with Gasteiger partial charge in [-0.3, -0.25) is 19.9 Å². The van der Waals surface area contributed by atoms with Gasteiger partial charge in [0.15, 0.2) is 5.72 Å². The number of carbonyl (C=O) groups is 1. The van der Waals surface area contributed by atoms with Crippen molar-refractivity contribution in [1.82, 2.24) is 9.99 Å². The number of hydrogen-bond donors (Lipinski definition) is 1. The van der Waals surface area contributed by atoms with Crippen molar-refractivity contribution in [3.63, 3.8) is 0 Å². The molecular formula is C16H14N4O4. The first-order valence-corrected chi connectivity index (χ1v) is 7.18. The molecule has 0 radical (unpaired) electrons. The topological polar surface area (TPSA) is 109 Å². The Morgan fingerprint density at radius 2 is 1.88 bits per heavy atom. The monoisotopic (exact) mass is 326 g/mol. The molecular weight excluding hydrogens is 312 g/mol. The average molecular weight is 326 g/mol. The van der Waals surface area contributed by atoms with Crippen LogP contribution in [0, 0.1) is 10.1 Å². The van der Waals surface area contributed by atoms with Crippen LogP contribution < -0.4 is 0 Å². The molecule has 8 nitrogen and oxygen atoms in total. The van der Waals surface area contributed by atoms with Gasteiger partial charge in [-0.2, -0.15) is 10.1 Å². The summed E-state index contributed by atoms with van der Waals surface area (Å²) in [6.45, 7) is 1.72. The van der Waals surface area contributed by atoms with Crippen molar-refractivity contribution in [1.29, 1.82) is 0 Å².